The molecule has 2 aromatic rings. The molecule has 228 valence electrons. The standard InChI is InChI=1S/C31H44N8O3.Ra/c1-18-13-23-21(19(2)16-30(7,8)37(23)12-11-32-10)15-22(18)33-25-26(29(4,5)6)35-39-27(25)34-28(36-39)31(9)17-38(31)42-20(3)14-24(40)41;/h13,15,19,32H,3,11-12,14,16-17H2,1-2,4-10H3,(H,40,41);. The molecule has 3 aliphatic rings. The van der Waals surface area contributed by atoms with Gasteiger partial charge in [0.25, 0.3) is 0 Å². The Labute approximate surface area is 291 Å². The van der Waals surface area contributed by atoms with E-state index in [0.717, 1.165) is 36.5 Å². The number of carboxylic acids is 1. The van der Waals surface area contributed by atoms with Gasteiger partial charge in [0.1, 0.15) is 23.4 Å². The largest absolute Gasteiger partial charge is 0.481 e. The third kappa shape index (κ3) is 6.50. The monoisotopic (exact) mass is 802 g/mol. The summed E-state index contributed by atoms with van der Waals surface area (Å²) in [6.07, 6.45) is 0.796. The Balaban J connectivity index is 0.00000423. The van der Waals surface area contributed by atoms with Crippen LogP contribution in [0.25, 0.3) is 0 Å². The molecule has 11 nitrogen and oxygen atoms in total. The summed E-state index contributed by atoms with van der Waals surface area (Å²) in [5.41, 5.74) is 5.31. The normalized spacial score (nSPS) is 24.6. The van der Waals surface area contributed by atoms with Crippen molar-refractivity contribution >= 4 is 28.8 Å². The first-order valence-corrected chi connectivity index (χ1v) is 14.6. The van der Waals surface area contributed by atoms with Crippen LogP contribution in [0.3, 0.4) is 0 Å². The first-order chi connectivity index (χ1) is 19.5. The van der Waals surface area contributed by atoms with Crippen molar-refractivity contribution in [2.24, 2.45) is 15.5 Å². The van der Waals surface area contributed by atoms with Crippen molar-refractivity contribution in [1.82, 2.24) is 25.3 Å². The molecule has 1 aromatic heterocycles. The zero-order chi connectivity index (χ0) is 30.8. The molecule has 43 heavy (non-hydrogen) atoms. The summed E-state index contributed by atoms with van der Waals surface area (Å²) < 4.78 is 0. The molecule has 0 spiro atoms. The maximum atomic E-state index is 11.0. The number of anilines is 1. The average Bonchev–Trinajstić information content (AvgIpc) is 3.18. The third-order valence-corrected chi connectivity index (χ3v) is 8.42. The summed E-state index contributed by atoms with van der Waals surface area (Å²) in [6, 6.07) is 4.53. The number of carboxylic acid groups (broad SMARTS) is 1. The van der Waals surface area contributed by atoms with Crippen LogP contribution in [0.5, 0.6) is 0 Å². The molecule has 3 atom stereocenters. The molecule has 1 aromatic carbocycles. The topological polar surface area (TPSA) is 120 Å². The van der Waals surface area contributed by atoms with Gasteiger partial charge in [-0.15, -0.1) is 15.0 Å². The van der Waals surface area contributed by atoms with Gasteiger partial charge in [-0.2, -0.15) is 5.10 Å². The Morgan fingerprint density at radius 2 is 1.98 bits per heavy atom. The van der Waals surface area contributed by atoms with Gasteiger partial charge in [-0.1, -0.05) is 34.3 Å². The SMILES string of the molecule is C=C(CC(=O)O)ON1CC1(C)c1nc2n(n1)N=C(C(C)(C)C)C2=Nc1cc2c(cc1C)N(CCNC)C(C)(C)CC2C.[Ra]. The van der Waals surface area contributed by atoms with Crippen LogP contribution in [-0.4, -0.2) is 74.7 Å². The molecule has 0 saturated carbocycles. The number of rotatable bonds is 9. The van der Waals surface area contributed by atoms with E-state index in [2.05, 4.69) is 77.4 Å². The molecule has 12 heteroatoms. The van der Waals surface area contributed by atoms with Crippen molar-refractivity contribution in [1.29, 1.82) is 0 Å². The van der Waals surface area contributed by atoms with Crippen molar-refractivity contribution < 1.29 is 59.7 Å². The number of fused-ring (bicyclic) bond motifs is 2. The van der Waals surface area contributed by atoms with Crippen LogP contribution in [-0.2, 0) is 15.2 Å². The van der Waals surface area contributed by atoms with Crippen LogP contribution in [0.1, 0.15) is 90.0 Å². The molecule has 3 aliphatic heterocycles. The minimum Gasteiger partial charge on any atom is -0.481 e. The van der Waals surface area contributed by atoms with Crippen molar-refractivity contribution in [3.63, 3.8) is 0 Å². The molecule has 1 fully saturated rings. The van der Waals surface area contributed by atoms with Gasteiger partial charge in [-0.25, -0.2) is 9.98 Å². The Bertz CT molecular complexity index is 1500. The zero-order valence-electron chi connectivity index (χ0n) is 27.1. The number of hydrogen-bond acceptors (Lipinski definition) is 9. The number of aliphatic carboxylic acids is 1. The number of nitrogens with one attached hydrogen (secondary N) is 1. The fourth-order valence-corrected chi connectivity index (χ4v) is 6.03. The number of hydrogen-bond donors (Lipinski definition) is 2. The summed E-state index contributed by atoms with van der Waals surface area (Å²) in [5.74, 6) is 0.705. The van der Waals surface area contributed by atoms with Crippen LogP contribution in [0.2, 0.25) is 0 Å². The van der Waals surface area contributed by atoms with E-state index in [1.54, 1.807) is 9.85 Å². The van der Waals surface area contributed by atoms with Crippen molar-refractivity contribution in [2.75, 3.05) is 31.6 Å². The Kier molecular flexibility index (Phi) is 9.44. The van der Waals surface area contributed by atoms with Crippen LogP contribution >= 0.6 is 0 Å². The quantitative estimate of drug-likeness (QED) is 0.276. The molecule has 4 heterocycles. The summed E-state index contributed by atoms with van der Waals surface area (Å²) in [6.45, 7) is 23.5. The van der Waals surface area contributed by atoms with Crippen molar-refractivity contribution in [3.8, 4) is 0 Å². The fraction of sp³-hybridized carbons (Fsp3) is 0.581. The van der Waals surface area contributed by atoms with E-state index in [1.165, 1.54) is 11.3 Å². The minimum absolute atomic E-state index is 0. The second-order valence-corrected chi connectivity index (χ2v) is 13.7. The van der Waals surface area contributed by atoms with Crippen LogP contribution in [0, 0.1) is 57.3 Å². The molecule has 2 radical (unpaired) electrons. The van der Waals surface area contributed by atoms with E-state index < -0.39 is 11.5 Å². The smallest absolute Gasteiger partial charge is 0.311 e. The Morgan fingerprint density at radius 1 is 1.28 bits per heavy atom. The summed E-state index contributed by atoms with van der Waals surface area (Å²) in [5, 5.41) is 23.5. The van der Waals surface area contributed by atoms with Gasteiger partial charge < -0.3 is 20.2 Å². The second-order valence-electron chi connectivity index (χ2n) is 13.7. The molecular weight excluding hydrogens is 758 g/mol. The van der Waals surface area contributed by atoms with E-state index in [4.69, 9.17) is 30.1 Å². The van der Waals surface area contributed by atoms with Gasteiger partial charge in [0.05, 0.1) is 17.9 Å². The number of aromatic nitrogens is 3. The average molecular weight is 803 g/mol. The molecule has 2 N–H and O–H groups in total. The molecule has 0 bridgehead atoms. The number of carbonyl (C=O) groups is 1. The van der Waals surface area contributed by atoms with E-state index >= 15 is 0 Å². The van der Waals surface area contributed by atoms with E-state index in [1.807, 2.05) is 14.0 Å². The van der Waals surface area contributed by atoms with Crippen LogP contribution < -0.4 is 10.2 Å². The number of likely N-dealkylation sites (N-methyl/N-ethyl adjacent to an activating group) is 1. The zero-order valence-corrected chi connectivity index (χ0v) is 32.9. The van der Waals surface area contributed by atoms with Gasteiger partial charge in [0.2, 0.25) is 5.82 Å². The van der Waals surface area contributed by atoms with E-state index in [9.17, 15) is 4.79 Å². The molecule has 0 aliphatic carbocycles. The number of hydroxylamine groups is 2. The van der Waals surface area contributed by atoms with Gasteiger partial charge in [0.15, 0.2) is 5.82 Å². The second kappa shape index (κ2) is 12.0. The Morgan fingerprint density at radius 3 is 2.60 bits per heavy atom. The van der Waals surface area contributed by atoms with Gasteiger partial charge >= 0.3 is 5.97 Å². The van der Waals surface area contributed by atoms with E-state index in [0.29, 0.717) is 29.8 Å². The number of aliphatic imine (C=N–C) groups is 1. The maximum Gasteiger partial charge on any atom is 0.311 e. The first-order valence-electron chi connectivity index (χ1n) is 14.6. The third-order valence-electron chi connectivity index (χ3n) is 8.42. The predicted molar refractivity (Wildman–Crippen MR) is 165 cm³/mol. The van der Waals surface area contributed by atoms with Crippen LogP contribution in [0.15, 0.2) is 34.6 Å². The molecule has 0 amide bonds. The Hall–Kier alpha value is -2.10. The minimum atomic E-state index is -0.992. The first kappa shape index (κ1) is 33.8. The van der Waals surface area contributed by atoms with Gasteiger partial charge in [-0.05, 0) is 70.3 Å². The van der Waals surface area contributed by atoms with Crippen LogP contribution in [0.4, 0.5) is 11.4 Å². The summed E-state index contributed by atoms with van der Waals surface area (Å²) >= 11 is 0. The number of benzene rings is 1. The predicted octanol–water partition coefficient (Wildman–Crippen LogP) is 4.73. The van der Waals surface area contributed by atoms with Gasteiger partial charge in [-0.3, -0.25) is 4.79 Å². The number of aryl methyl sites for hydroxylation is 1. The summed E-state index contributed by atoms with van der Waals surface area (Å²) in [7, 11) is 2.00. The molecule has 3 unspecified atom stereocenters. The fourth-order valence-electron chi connectivity index (χ4n) is 6.03. The molecule has 5 rings (SSSR count). The van der Waals surface area contributed by atoms with Gasteiger partial charge in [0, 0.05) is 74.7 Å². The summed E-state index contributed by atoms with van der Waals surface area (Å²) in [4.78, 5) is 30.9. The molecule has 1 saturated heterocycles. The van der Waals surface area contributed by atoms with Crippen molar-refractivity contribution in [3.05, 3.63) is 47.2 Å². The van der Waals surface area contributed by atoms with E-state index in [-0.39, 0.29) is 68.1 Å². The number of nitrogens with zero attached hydrogens (tertiary/aromatic N) is 7. The van der Waals surface area contributed by atoms with Crippen molar-refractivity contribution in [2.45, 2.75) is 85.2 Å². The maximum absolute atomic E-state index is 11.0. The molecular formula is C31H44N8O3Ra.